The zero-order valence-electron chi connectivity index (χ0n) is 9.00. The van der Waals surface area contributed by atoms with E-state index in [4.69, 9.17) is 23.7 Å². The molecule has 0 saturated carbocycles. The molecule has 2 rings (SSSR count). The summed E-state index contributed by atoms with van der Waals surface area (Å²) in [5.41, 5.74) is 0. The van der Waals surface area contributed by atoms with Gasteiger partial charge in [-0.05, 0) is 13.8 Å². The third-order valence-corrected chi connectivity index (χ3v) is 2.21. The molecule has 0 aromatic carbocycles. The fraction of sp³-hybridized carbons (Fsp3) is 1.00. The normalized spacial score (nSPS) is 40.4. The van der Waals surface area contributed by atoms with Crippen molar-refractivity contribution < 1.29 is 28.8 Å². The molecule has 6 nitrogen and oxygen atoms in total. The van der Waals surface area contributed by atoms with Gasteiger partial charge in [0.15, 0.2) is 12.1 Å². The van der Waals surface area contributed by atoms with E-state index in [1.165, 1.54) is 7.11 Å². The summed E-state index contributed by atoms with van der Waals surface area (Å²) in [7, 11) is 1.50. The highest BCUT2D eigenvalue weighted by atomic mass is 16.9. The Balaban J connectivity index is 1.88. The molecule has 0 radical (unpaired) electrons. The van der Waals surface area contributed by atoms with Gasteiger partial charge >= 0.3 is 0 Å². The SMILES string of the molecule is COC[C@H](O)[C@H]1O[C@@H]2OC(C)(C)O[C@@H]2O1. The molecular weight excluding hydrogens is 204 g/mol. The van der Waals surface area contributed by atoms with Crippen LogP contribution in [-0.2, 0) is 23.7 Å². The van der Waals surface area contributed by atoms with E-state index in [1.807, 2.05) is 0 Å². The van der Waals surface area contributed by atoms with Crippen molar-refractivity contribution >= 4 is 0 Å². The van der Waals surface area contributed by atoms with E-state index >= 15 is 0 Å². The molecule has 0 bridgehead atoms. The summed E-state index contributed by atoms with van der Waals surface area (Å²) in [4.78, 5) is 0. The minimum Gasteiger partial charge on any atom is -0.385 e. The highest BCUT2D eigenvalue weighted by Gasteiger charge is 2.51. The van der Waals surface area contributed by atoms with Gasteiger partial charge in [-0.15, -0.1) is 0 Å². The highest BCUT2D eigenvalue weighted by Crippen LogP contribution is 2.35. The zero-order valence-corrected chi connectivity index (χ0v) is 9.00. The van der Waals surface area contributed by atoms with Gasteiger partial charge in [-0.1, -0.05) is 0 Å². The fourth-order valence-electron chi connectivity index (χ4n) is 1.61. The summed E-state index contributed by atoms with van der Waals surface area (Å²) in [6, 6.07) is 0. The van der Waals surface area contributed by atoms with E-state index in [-0.39, 0.29) is 6.61 Å². The van der Waals surface area contributed by atoms with Crippen LogP contribution in [0.5, 0.6) is 0 Å². The lowest BCUT2D eigenvalue weighted by molar-refractivity contribution is -0.272. The van der Waals surface area contributed by atoms with Crippen molar-refractivity contribution in [2.75, 3.05) is 13.7 Å². The molecule has 0 aromatic rings. The van der Waals surface area contributed by atoms with Gasteiger partial charge in [0.2, 0.25) is 12.6 Å². The van der Waals surface area contributed by atoms with Crippen LogP contribution in [-0.4, -0.2) is 49.6 Å². The number of rotatable bonds is 3. The number of methoxy groups -OCH3 is 1. The fourth-order valence-corrected chi connectivity index (χ4v) is 1.61. The van der Waals surface area contributed by atoms with Crippen molar-refractivity contribution in [3.63, 3.8) is 0 Å². The van der Waals surface area contributed by atoms with Gasteiger partial charge in [0.25, 0.3) is 0 Å². The van der Waals surface area contributed by atoms with Gasteiger partial charge in [-0.25, -0.2) is 0 Å². The molecule has 2 aliphatic heterocycles. The lowest BCUT2D eigenvalue weighted by Gasteiger charge is -2.22. The molecular formula is C9H16O6. The first kappa shape index (κ1) is 11.3. The van der Waals surface area contributed by atoms with Crippen LogP contribution in [0.15, 0.2) is 0 Å². The second-order valence-electron chi connectivity index (χ2n) is 4.04. The maximum atomic E-state index is 9.55. The summed E-state index contributed by atoms with van der Waals surface area (Å²) in [5.74, 6) is -0.702. The van der Waals surface area contributed by atoms with Crippen molar-refractivity contribution in [1.82, 2.24) is 0 Å². The summed E-state index contributed by atoms with van der Waals surface area (Å²) < 4.78 is 26.3. The quantitative estimate of drug-likeness (QED) is 0.710. The summed E-state index contributed by atoms with van der Waals surface area (Å²) in [6.07, 6.45) is -2.74. The molecule has 4 atom stereocenters. The topological polar surface area (TPSA) is 66.4 Å². The second-order valence-corrected chi connectivity index (χ2v) is 4.04. The Morgan fingerprint density at radius 2 is 1.80 bits per heavy atom. The van der Waals surface area contributed by atoms with Gasteiger partial charge < -0.3 is 28.8 Å². The van der Waals surface area contributed by atoms with Crippen LogP contribution in [0.2, 0.25) is 0 Å². The number of ether oxygens (including phenoxy) is 5. The molecule has 0 unspecified atom stereocenters. The number of fused-ring (bicyclic) bond motifs is 1. The minimum atomic E-state index is -0.837. The lowest BCUT2D eigenvalue weighted by atomic mass is 10.4. The molecule has 0 aromatic heterocycles. The van der Waals surface area contributed by atoms with E-state index < -0.39 is 30.8 Å². The largest absolute Gasteiger partial charge is 0.385 e. The molecule has 2 saturated heterocycles. The molecule has 2 fully saturated rings. The Labute approximate surface area is 88.0 Å². The Morgan fingerprint density at radius 3 is 2.27 bits per heavy atom. The molecule has 0 amide bonds. The maximum absolute atomic E-state index is 9.55. The first-order chi connectivity index (χ1) is 7.02. The Kier molecular flexibility index (Phi) is 2.98. The average molecular weight is 220 g/mol. The van der Waals surface area contributed by atoms with Crippen molar-refractivity contribution in [3.05, 3.63) is 0 Å². The van der Waals surface area contributed by atoms with Gasteiger partial charge in [0.1, 0.15) is 6.10 Å². The third-order valence-electron chi connectivity index (χ3n) is 2.21. The average Bonchev–Trinajstić information content (AvgIpc) is 2.57. The smallest absolute Gasteiger partial charge is 0.214 e. The van der Waals surface area contributed by atoms with Crippen LogP contribution in [0.3, 0.4) is 0 Å². The van der Waals surface area contributed by atoms with Crippen LogP contribution in [0.1, 0.15) is 13.8 Å². The van der Waals surface area contributed by atoms with Crippen LogP contribution < -0.4 is 0 Å². The van der Waals surface area contributed by atoms with Crippen molar-refractivity contribution in [1.29, 1.82) is 0 Å². The Morgan fingerprint density at radius 1 is 1.27 bits per heavy atom. The standard InChI is InChI=1S/C9H16O6/c1-9(2)14-7-8(15-9)13-6(12-7)5(10)4-11-3/h5-8,10H,4H2,1-3H3/t5-,6-,7+,8-/m0/s1. The second kappa shape index (κ2) is 3.97. The number of aliphatic hydroxyl groups excluding tert-OH is 1. The van der Waals surface area contributed by atoms with E-state index in [1.54, 1.807) is 13.8 Å². The molecule has 15 heavy (non-hydrogen) atoms. The molecule has 2 aliphatic rings. The Bertz CT molecular complexity index is 215. The van der Waals surface area contributed by atoms with Crippen LogP contribution >= 0.6 is 0 Å². The zero-order chi connectivity index (χ0) is 11.1. The van der Waals surface area contributed by atoms with E-state index in [2.05, 4.69) is 0 Å². The van der Waals surface area contributed by atoms with Crippen LogP contribution in [0, 0.1) is 0 Å². The molecule has 1 N–H and O–H groups in total. The Hall–Kier alpha value is -0.240. The van der Waals surface area contributed by atoms with E-state index in [0.717, 1.165) is 0 Å². The first-order valence-electron chi connectivity index (χ1n) is 4.85. The summed E-state index contributed by atoms with van der Waals surface area (Å²) >= 11 is 0. The third kappa shape index (κ3) is 2.30. The van der Waals surface area contributed by atoms with Crippen LogP contribution in [0.4, 0.5) is 0 Å². The van der Waals surface area contributed by atoms with Crippen molar-refractivity contribution in [2.45, 2.75) is 44.6 Å². The van der Waals surface area contributed by atoms with Gasteiger partial charge in [0, 0.05) is 7.11 Å². The minimum absolute atomic E-state index is 0.146. The molecule has 2 heterocycles. The first-order valence-corrected chi connectivity index (χ1v) is 4.85. The van der Waals surface area contributed by atoms with Gasteiger partial charge in [-0.2, -0.15) is 0 Å². The molecule has 6 heteroatoms. The number of hydrogen-bond donors (Lipinski definition) is 1. The predicted octanol–water partition coefficient (Wildman–Crippen LogP) is -0.198. The summed E-state index contributed by atoms with van der Waals surface area (Å²) in [5, 5.41) is 9.55. The van der Waals surface area contributed by atoms with E-state index in [9.17, 15) is 5.11 Å². The monoisotopic (exact) mass is 220 g/mol. The van der Waals surface area contributed by atoms with Crippen LogP contribution in [0.25, 0.3) is 0 Å². The van der Waals surface area contributed by atoms with Crippen molar-refractivity contribution in [2.24, 2.45) is 0 Å². The highest BCUT2D eigenvalue weighted by molar-refractivity contribution is 4.77. The van der Waals surface area contributed by atoms with Gasteiger partial charge in [0.05, 0.1) is 6.61 Å². The van der Waals surface area contributed by atoms with E-state index in [0.29, 0.717) is 0 Å². The summed E-state index contributed by atoms with van der Waals surface area (Å²) in [6.45, 7) is 3.70. The lowest BCUT2D eigenvalue weighted by Crippen LogP contribution is -2.34. The molecule has 0 spiro atoms. The molecule has 88 valence electrons. The predicted molar refractivity (Wildman–Crippen MR) is 47.7 cm³/mol. The van der Waals surface area contributed by atoms with Crippen molar-refractivity contribution in [3.8, 4) is 0 Å². The number of hydrogen-bond acceptors (Lipinski definition) is 6. The number of aliphatic hydroxyl groups is 1. The van der Waals surface area contributed by atoms with Gasteiger partial charge in [-0.3, -0.25) is 0 Å². The molecule has 0 aliphatic carbocycles. The maximum Gasteiger partial charge on any atom is 0.214 e.